The molecule has 29 heavy (non-hydrogen) atoms. The first-order valence-electron chi connectivity index (χ1n) is 9.98. The van der Waals surface area contributed by atoms with E-state index in [9.17, 15) is 4.79 Å². The summed E-state index contributed by atoms with van der Waals surface area (Å²) in [6, 6.07) is 23.7. The smallest absolute Gasteiger partial charge is 0.251 e. The molecule has 0 spiro atoms. The molecular weight excluding hydrogens is 362 g/mol. The maximum absolute atomic E-state index is 12.9. The van der Waals surface area contributed by atoms with Gasteiger partial charge in [0.25, 0.3) is 5.91 Å². The Morgan fingerprint density at radius 2 is 1.79 bits per heavy atom. The molecule has 4 rings (SSSR count). The van der Waals surface area contributed by atoms with Gasteiger partial charge in [-0.05, 0) is 54.2 Å². The molecular formula is C25H25NO3. The van der Waals surface area contributed by atoms with E-state index < -0.39 is 0 Å². The van der Waals surface area contributed by atoms with Gasteiger partial charge in [0, 0.05) is 5.56 Å². The number of fused-ring (bicyclic) bond motifs is 1. The van der Waals surface area contributed by atoms with Crippen molar-refractivity contribution >= 4 is 5.91 Å². The van der Waals surface area contributed by atoms with Gasteiger partial charge in [0.15, 0.2) is 11.5 Å². The fourth-order valence-corrected chi connectivity index (χ4v) is 3.81. The highest BCUT2D eigenvalue weighted by Crippen LogP contribution is 2.31. The summed E-state index contributed by atoms with van der Waals surface area (Å²) in [4.78, 5) is 12.9. The lowest BCUT2D eigenvalue weighted by atomic mass is 9.87. The molecule has 0 bridgehead atoms. The van der Waals surface area contributed by atoms with Crippen molar-refractivity contribution < 1.29 is 14.3 Å². The van der Waals surface area contributed by atoms with E-state index in [4.69, 9.17) is 9.47 Å². The lowest BCUT2D eigenvalue weighted by molar-refractivity contribution is 0.0932. The molecule has 0 radical (unpaired) electrons. The Morgan fingerprint density at radius 3 is 2.62 bits per heavy atom. The van der Waals surface area contributed by atoms with Crippen LogP contribution in [0.2, 0.25) is 0 Å². The monoisotopic (exact) mass is 387 g/mol. The van der Waals surface area contributed by atoms with Crippen molar-refractivity contribution in [3.8, 4) is 11.5 Å². The van der Waals surface area contributed by atoms with Crippen molar-refractivity contribution in [1.29, 1.82) is 0 Å². The maximum Gasteiger partial charge on any atom is 0.251 e. The minimum atomic E-state index is -0.0976. The third kappa shape index (κ3) is 4.43. The molecule has 1 aliphatic carbocycles. The Hall–Kier alpha value is -3.27. The minimum Gasteiger partial charge on any atom is -0.493 e. The Kier molecular flexibility index (Phi) is 5.80. The van der Waals surface area contributed by atoms with Crippen molar-refractivity contribution in [3.63, 3.8) is 0 Å². The summed E-state index contributed by atoms with van der Waals surface area (Å²) in [6.45, 7) is 0.446. The number of hydrogen-bond acceptors (Lipinski definition) is 3. The first-order valence-corrected chi connectivity index (χ1v) is 9.98. The Labute approximate surface area is 171 Å². The molecule has 0 unspecified atom stereocenters. The fraction of sp³-hybridized carbons (Fsp3) is 0.240. The molecule has 1 N–H and O–H groups in total. The second-order valence-electron chi connectivity index (χ2n) is 7.26. The van der Waals surface area contributed by atoms with Crippen LogP contribution in [0.15, 0.2) is 72.8 Å². The molecule has 3 aromatic rings. The minimum absolute atomic E-state index is 0.0486. The predicted molar refractivity (Wildman–Crippen MR) is 113 cm³/mol. The molecule has 1 aliphatic rings. The first-order chi connectivity index (χ1) is 14.2. The van der Waals surface area contributed by atoms with Crippen molar-refractivity contribution in [2.45, 2.75) is 31.9 Å². The lowest BCUT2D eigenvalue weighted by Gasteiger charge is -2.26. The number of benzene rings is 3. The average molecular weight is 387 g/mol. The third-order valence-electron chi connectivity index (χ3n) is 5.34. The van der Waals surface area contributed by atoms with Crippen molar-refractivity contribution in [2.24, 2.45) is 0 Å². The zero-order valence-electron chi connectivity index (χ0n) is 16.6. The van der Waals surface area contributed by atoms with Crippen molar-refractivity contribution in [3.05, 3.63) is 95.1 Å². The van der Waals surface area contributed by atoms with Gasteiger partial charge in [-0.15, -0.1) is 0 Å². The van der Waals surface area contributed by atoms with Crippen LogP contribution in [-0.4, -0.2) is 13.0 Å². The molecule has 0 aliphatic heterocycles. The van der Waals surface area contributed by atoms with Gasteiger partial charge in [-0.3, -0.25) is 4.79 Å². The highest BCUT2D eigenvalue weighted by molar-refractivity contribution is 5.95. The van der Waals surface area contributed by atoms with Gasteiger partial charge in [0.1, 0.15) is 6.61 Å². The van der Waals surface area contributed by atoms with E-state index in [1.165, 1.54) is 11.1 Å². The number of nitrogens with one attached hydrogen (secondary N) is 1. The van der Waals surface area contributed by atoms with Crippen LogP contribution in [-0.2, 0) is 13.0 Å². The van der Waals surface area contributed by atoms with E-state index in [2.05, 4.69) is 23.5 Å². The number of rotatable bonds is 6. The summed E-state index contributed by atoms with van der Waals surface area (Å²) in [7, 11) is 1.59. The summed E-state index contributed by atoms with van der Waals surface area (Å²) in [5.74, 6) is 1.08. The average Bonchev–Trinajstić information content (AvgIpc) is 2.78. The van der Waals surface area contributed by atoms with Crippen LogP contribution in [0.3, 0.4) is 0 Å². The van der Waals surface area contributed by atoms with Gasteiger partial charge in [-0.2, -0.15) is 0 Å². The largest absolute Gasteiger partial charge is 0.493 e. The van der Waals surface area contributed by atoms with Gasteiger partial charge < -0.3 is 14.8 Å². The highest BCUT2D eigenvalue weighted by Gasteiger charge is 2.22. The lowest BCUT2D eigenvalue weighted by Crippen LogP contribution is -2.31. The Morgan fingerprint density at radius 1 is 1.00 bits per heavy atom. The van der Waals surface area contributed by atoms with E-state index in [1.807, 2.05) is 36.4 Å². The van der Waals surface area contributed by atoms with E-state index >= 15 is 0 Å². The molecule has 0 fully saturated rings. The summed E-state index contributed by atoms with van der Waals surface area (Å²) < 4.78 is 11.4. The van der Waals surface area contributed by atoms with Crippen LogP contribution in [0.1, 0.15) is 45.9 Å². The molecule has 148 valence electrons. The summed E-state index contributed by atoms with van der Waals surface area (Å²) in [6.07, 6.45) is 3.11. The summed E-state index contributed by atoms with van der Waals surface area (Å²) in [5, 5.41) is 3.18. The summed E-state index contributed by atoms with van der Waals surface area (Å²) >= 11 is 0. The number of methoxy groups -OCH3 is 1. The first kappa shape index (κ1) is 19.1. The van der Waals surface area contributed by atoms with Crippen LogP contribution in [0.5, 0.6) is 11.5 Å². The number of carbonyl (C=O) groups excluding carboxylic acids is 1. The fourth-order valence-electron chi connectivity index (χ4n) is 3.81. The second kappa shape index (κ2) is 8.82. The Balaban J connectivity index is 1.47. The van der Waals surface area contributed by atoms with Crippen molar-refractivity contribution in [1.82, 2.24) is 5.32 Å². The number of aryl methyl sites for hydroxylation is 1. The number of hydrogen-bond donors (Lipinski definition) is 1. The topological polar surface area (TPSA) is 47.6 Å². The van der Waals surface area contributed by atoms with Gasteiger partial charge in [0.05, 0.1) is 13.2 Å². The van der Waals surface area contributed by atoms with E-state index in [0.29, 0.717) is 23.7 Å². The molecule has 0 heterocycles. The van der Waals surface area contributed by atoms with Gasteiger partial charge >= 0.3 is 0 Å². The Bertz CT molecular complexity index is 984. The van der Waals surface area contributed by atoms with Gasteiger partial charge in [0.2, 0.25) is 0 Å². The standard InChI is InChI=1S/C25H25NO3/c1-28-24-16-20(14-15-23(24)29-17-18-8-3-2-4-9-18)25(27)26-22-13-7-11-19-10-5-6-12-21(19)22/h2-6,8-10,12,14-16,22H,7,11,13,17H2,1H3,(H,26,27)/t22-/m1/s1. The SMILES string of the molecule is COc1cc(C(=O)N[C@@H]2CCCc3ccccc32)ccc1OCc1ccccc1. The van der Waals surface area contributed by atoms with Gasteiger partial charge in [-0.1, -0.05) is 54.6 Å². The zero-order chi connectivity index (χ0) is 20.1. The molecule has 3 aromatic carbocycles. The van der Waals surface area contributed by atoms with Crippen LogP contribution in [0.25, 0.3) is 0 Å². The van der Waals surface area contributed by atoms with Crippen molar-refractivity contribution in [2.75, 3.05) is 7.11 Å². The normalized spacial score (nSPS) is 15.3. The molecule has 1 atom stereocenters. The molecule has 4 heteroatoms. The van der Waals surface area contributed by atoms with E-state index in [0.717, 1.165) is 24.8 Å². The maximum atomic E-state index is 12.9. The number of amides is 1. The van der Waals surface area contributed by atoms with Crippen LogP contribution in [0, 0.1) is 0 Å². The zero-order valence-corrected chi connectivity index (χ0v) is 16.6. The van der Waals surface area contributed by atoms with Crippen LogP contribution < -0.4 is 14.8 Å². The molecule has 1 amide bonds. The molecule has 0 saturated carbocycles. The van der Waals surface area contributed by atoms with Crippen LogP contribution in [0.4, 0.5) is 0 Å². The predicted octanol–water partition coefficient (Wildman–Crippen LogP) is 5.08. The number of ether oxygens (including phenoxy) is 2. The van der Waals surface area contributed by atoms with E-state index in [-0.39, 0.29) is 11.9 Å². The highest BCUT2D eigenvalue weighted by atomic mass is 16.5. The van der Waals surface area contributed by atoms with Gasteiger partial charge in [-0.25, -0.2) is 0 Å². The third-order valence-corrected chi connectivity index (χ3v) is 5.34. The van der Waals surface area contributed by atoms with E-state index in [1.54, 1.807) is 25.3 Å². The van der Waals surface area contributed by atoms with Crippen LogP contribution >= 0.6 is 0 Å². The number of carbonyl (C=O) groups is 1. The quantitative estimate of drug-likeness (QED) is 0.641. The summed E-state index contributed by atoms with van der Waals surface area (Å²) in [5.41, 5.74) is 4.19. The molecule has 0 aromatic heterocycles. The second-order valence-corrected chi connectivity index (χ2v) is 7.26. The molecule has 4 nitrogen and oxygen atoms in total. The molecule has 0 saturated heterocycles.